The summed E-state index contributed by atoms with van der Waals surface area (Å²) in [5.74, 6) is -4.05. The summed E-state index contributed by atoms with van der Waals surface area (Å²) in [6.07, 6.45) is 8.87. The molecule has 1 aliphatic rings. The predicted octanol–water partition coefficient (Wildman–Crippen LogP) is 4.63. The van der Waals surface area contributed by atoms with E-state index in [2.05, 4.69) is 9.98 Å². The Bertz CT molecular complexity index is 1440. The topological polar surface area (TPSA) is 137 Å². The summed E-state index contributed by atoms with van der Waals surface area (Å²) in [4.78, 5) is 44.4. The normalized spacial score (nSPS) is 17.4. The van der Waals surface area contributed by atoms with E-state index in [1.165, 1.54) is 18.2 Å². The Hall–Kier alpha value is -4.86. The first-order valence-electron chi connectivity index (χ1n) is 11.9. The number of carboxylic acid groups (broad SMARTS) is 1. The molecule has 38 heavy (non-hydrogen) atoms. The number of nitro groups is 1. The number of nitro benzene ring substituents is 1. The first kappa shape index (κ1) is 26.2. The molecule has 194 valence electrons. The molecule has 2 atom stereocenters. The van der Waals surface area contributed by atoms with Gasteiger partial charge in [0.15, 0.2) is 0 Å². The number of carbonyl (C=O) groups is 2. The number of ether oxygens (including phenoxy) is 1. The van der Waals surface area contributed by atoms with E-state index >= 15 is 0 Å². The minimum absolute atomic E-state index is 0.0471. The maximum Gasteiger partial charge on any atom is 0.336 e. The molecule has 0 spiro atoms. The fraction of sp³-hybridized carbons (Fsp3) is 0.214. The van der Waals surface area contributed by atoms with Gasteiger partial charge in [0.05, 0.1) is 16.8 Å². The second-order valence-electron chi connectivity index (χ2n) is 8.88. The number of hydrogen-bond donors (Lipinski definition) is 1. The average molecular weight is 515 g/mol. The number of aromatic nitrogens is 2. The van der Waals surface area contributed by atoms with Gasteiger partial charge in [-0.2, -0.15) is 0 Å². The van der Waals surface area contributed by atoms with Crippen LogP contribution in [0.25, 0.3) is 6.08 Å². The van der Waals surface area contributed by atoms with Gasteiger partial charge in [0.2, 0.25) is 0 Å². The lowest BCUT2D eigenvalue weighted by Crippen LogP contribution is -2.35. The van der Waals surface area contributed by atoms with Crippen molar-refractivity contribution in [2.24, 2.45) is 10.9 Å². The molecular weight excluding hydrogens is 488 g/mol. The Morgan fingerprint density at radius 1 is 1.18 bits per heavy atom. The minimum Gasteiger partial charge on any atom is -0.481 e. The van der Waals surface area contributed by atoms with Gasteiger partial charge in [0.25, 0.3) is 5.69 Å². The van der Waals surface area contributed by atoms with Crippen molar-refractivity contribution in [1.82, 2.24) is 9.55 Å². The number of non-ortho nitro benzene ring substituents is 1. The zero-order valence-corrected chi connectivity index (χ0v) is 20.9. The summed E-state index contributed by atoms with van der Waals surface area (Å²) in [5, 5.41) is 21.3. The molecular formula is C28H26N4O6. The zero-order chi connectivity index (χ0) is 27.2. The SMILES string of the molecule is CC1=NC(C)=C(C(=O)OCC=Cc2ccc(Cn3ccnc3)cc2)C(c2cccc([N+](=O)[O-])c2)C1C(=O)O. The molecule has 0 fully saturated rings. The second-order valence-corrected chi connectivity index (χ2v) is 8.88. The highest BCUT2D eigenvalue weighted by atomic mass is 16.6. The number of carboxylic acids is 1. The van der Waals surface area contributed by atoms with Gasteiger partial charge >= 0.3 is 11.9 Å². The number of carbonyl (C=O) groups excluding carboxylic acids is 1. The van der Waals surface area contributed by atoms with Crippen LogP contribution in [0.2, 0.25) is 0 Å². The van der Waals surface area contributed by atoms with Crippen LogP contribution in [0.3, 0.4) is 0 Å². The second kappa shape index (κ2) is 11.5. The van der Waals surface area contributed by atoms with E-state index < -0.39 is 28.7 Å². The standard InChI is InChI=1S/C28H26N4O6/c1-18-24(27(33)34)26(22-6-3-7-23(15-22)32(36)37)25(19(2)30-18)28(35)38-14-4-5-20-8-10-21(11-9-20)16-31-13-12-29-17-31/h3-13,15,17,24,26H,14,16H2,1-2H3,(H,33,34). The number of allylic oxidation sites excluding steroid dienone is 1. The Morgan fingerprint density at radius 3 is 2.61 bits per heavy atom. The third kappa shape index (κ3) is 5.92. The lowest BCUT2D eigenvalue weighted by Gasteiger charge is -2.30. The van der Waals surface area contributed by atoms with Gasteiger partial charge in [0.1, 0.15) is 12.5 Å². The summed E-state index contributed by atoms with van der Waals surface area (Å²) in [7, 11) is 0. The molecule has 10 nitrogen and oxygen atoms in total. The van der Waals surface area contributed by atoms with E-state index in [4.69, 9.17) is 4.74 Å². The van der Waals surface area contributed by atoms with E-state index in [9.17, 15) is 24.8 Å². The van der Waals surface area contributed by atoms with E-state index in [-0.39, 0.29) is 17.9 Å². The maximum absolute atomic E-state index is 13.2. The molecule has 4 rings (SSSR count). The van der Waals surface area contributed by atoms with E-state index in [1.54, 1.807) is 38.5 Å². The Labute approximate surface area is 218 Å². The van der Waals surface area contributed by atoms with E-state index in [1.807, 2.05) is 41.1 Å². The van der Waals surface area contributed by atoms with Crippen molar-refractivity contribution in [2.75, 3.05) is 6.61 Å². The summed E-state index contributed by atoms with van der Waals surface area (Å²) in [5.41, 5.74) is 2.86. The highest BCUT2D eigenvalue weighted by molar-refractivity contribution is 6.06. The molecule has 1 aliphatic heterocycles. The van der Waals surface area contributed by atoms with Crippen molar-refractivity contribution < 1.29 is 24.4 Å². The molecule has 0 radical (unpaired) electrons. The largest absolute Gasteiger partial charge is 0.481 e. The van der Waals surface area contributed by atoms with Gasteiger partial charge in [-0.25, -0.2) is 9.78 Å². The van der Waals surface area contributed by atoms with Gasteiger partial charge in [-0.05, 0) is 36.6 Å². The lowest BCUT2D eigenvalue weighted by molar-refractivity contribution is -0.384. The van der Waals surface area contributed by atoms with E-state index in [0.29, 0.717) is 23.5 Å². The van der Waals surface area contributed by atoms with Crippen LogP contribution in [0.4, 0.5) is 5.69 Å². The number of esters is 1. The summed E-state index contributed by atoms with van der Waals surface area (Å²) in [6, 6.07) is 13.5. The van der Waals surface area contributed by atoms with Crippen molar-refractivity contribution in [1.29, 1.82) is 0 Å². The number of rotatable bonds is 9. The van der Waals surface area contributed by atoms with Gasteiger partial charge in [-0.3, -0.25) is 19.9 Å². The van der Waals surface area contributed by atoms with Crippen LogP contribution in [0, 0.1) is 16.0 Å². The van der Waals surface area contributed by atoms with Crippen molar-refractivity contribution in [3.63, 3.8) is 0 Å². The van der Waals surface area contributed by atoms with Crippen LogP contribution in [0.5, 0.6) is 0 Å². The first-order valence-corrected chi connectivity index (χ1v) is 11.9. The third-order valence-corrected chi connectivity index (χ3v) is 6.28. The summed E-state index contributed by atoms with van der Waals surface area (Å²) >= 11 is 0. The number of imidazole rings is 1. The molecule has 1 aromatic heterocycles. The number of benzene rings is 2. The Kier molecular flexibility index (Phi) is 7.91. The molecule has 0 saturated heterocycles. The van der Waals surface area contributed by atoms with Gasteiger partial charge in [0, 0.05) is 48.4 Å². The monoisotopic (exact) mass is 514 g/mol. The minimum atomic E-state index is -1.18. The summed E-state index contributed by atoms with van der Waals surface area (Å²) in [6.45, 7) is 3.83. The van der Waals surface area contributed by atoms with Crippen LogP contribution >= 0.6 is 0 Å². The van der Waals surface area contributed by atoms with Crippen LogP contribution in [0.15, 0.2) is 89.6 Å². The number of aliphatic imine (C=N–C) groups is 1. The highest BCUT2D eigenvalue weighted by Gasteiger charge is 2.42. The molecule has 0 saturated carbocycles. The fourth-order valence-corrected chi connectivity index (χ4v) is 4.53. The third-order valence-electron chi connectivity index (χ3n) is 6.28. The number of hydrogen-bond acceptors (Lipinski definition) is 7. The maximum atomic E-state index is 13.2. The summed E-state index contributed by atoms with van der Waals surface area (Å²) < 4.78 is 7.44. The molecule has 1 N–H and O–H groups in total. The molecule has 2 aromatic carbocycles. The number of nitrogens with zero attached hydrogens (tertiary/aromatic N) is 4. The smallest absolute Gasteiger partial charge is 0.336 e. The van der Waals surface area contributed by atoms with Gasteiger partial charge < -0.3 is 14.4 Å². The van der Waals surface area contributed by atoms with Crippen molar-refractivity contribution >= 4 is 29.4 Å². The lowest BCUT2D eigenvalue weighted by atomic mass is 9.75. The van der Waals surface area contributed by atoms with Crippen molar-refractivity contribution in [3.05, 3.63) is 111 Å². The molecule has 3 aromatic rings. The van der Waals surface area contributed by atoms with Gasteiger partial charge in [-0.1, -0.05) is 42.5 Å². The number of aliphatic carboxylic acids is 1. The molecule has 10 heteroatoms. The molecule has 2 heterocycles. The quantitative estimate of drug-likeness (QED) is 0.250. The fourth-order valence-electron chi connectivity index (χ4n) is 4.53. The predicted molar refractivity (Wildman–Crippen MR) is 141 cm³/mol. The first-order chi connectivity index (χ1) is 18.2. The Morgan fingerprint density at radius 2 is 1.95 bits per heavy atom. The highest BCUT2D eigenvalue weighted by Crippen LogP contribution is 2.40. The Balaban J connectivity index is 1.49. The van der Waals surface area contributed by atoms with Gasteiger partial charge in [-0.15, -0.1) is 0 Å². The van der Waals surface area contributed by atoms with Crippen molar-refractivity contribution in [2.45, 2.75) is 26.3 Å². The van der Waals surface area contributed by atoms with Crippen LogP contribution in [0.1, 0.15) is 36.5 Å². The molecule has 0 aliphatic carbocycles. The zero-order valence-electron chi connectivity index (χ0n) is 20.9. The average Bonchev–Trinajstić information content (AvgIpc) is 3.40. The van der Waals surface area contributed by atoms with Crippen LogP contribution in [-0.2, 0) is 20.9 Å². The molecule has 0 amide bonds. The van der Waals surface area contributed by atoms with E-state index in [0.717, 1.165) is 11.1 Å². The van der Waals surface area contributed by atoms with Crippen molar-refractivity contribution in [3.8, 4) is 0 Å². The molecule has 0 bridgehead atoms. The molecule has 2 unspecified atom stereocenters. The van der Waals surface area contributed by atoms with Crippen LogP contribution < -0.4 is 0 Å². The van der Waals surface area contributed by atoms with Crippen LogP contribution in [-0.4, -0.2) is 43.8 Å².